The third-order valence-electron chi connectivity index (χ3n) is 3.68. The van der Waals surface area contributed by atoms with Gasteiger partial charge in [0.1, 0.15) is 0 Å². The molecule has 1 fully saturated rings. The fourth-order valence-corrected chi connectivity index (χ4v) is 2.37. The quantitative estimate of drug-likeness (QED) is 0.917. The van der Waals surface area contributed by atoms with Crippen LogP contribution in [0.2, 0.25) is 0 Å². The molecule has 19 heavy (non-hydrogen) atoms. The van der Waals surface area contributed by atoms with Crippen molar-refractivity contribution in [1.82, 2.24) is 15.0 Å². The van der Waals surface area contributed by atoms with Crippen molar-refractivity contribution in [3.8, 4) is 5.69 Å². The molecule has 1 aliphatic rings. The number of aromatic nitrogens is 3. The minimum absolute atomic E-state index is 0.0882. The molecule has 5 nitrogen and oxygen atoms in total. The number of aromatic carboxylic acids is 1. The number of rotatable bonds is 3. The molecule has 0 saturated heterocycles. The average Bonchev–Trinajstić information content (AvgIpc) is 2.72. The third-order valence-corrected chi connectivity index (χ3v) is 3.68. The van der Waals surface area contributed by atoms with Gasteiger partial charge in [0.05, 0.1) is 11.4 Å². The Morgan fingerprint density at radius 3 is 2.53 bits per heavy atom. The zero-order chi connectivity index (χ0) is 13.4. The van der Waals surface area contributed by atoms with Crippen LogP contribution < -0.4 is 0 Å². The lowest BCUT2D eigenvalue weighted by molar-refractivity contribution is 0.0687. The highest BCUT2D eigenvalue weighted by Gasteiger charge is 2.30. The van der Waals surface area contributed by atoms with E-state index in [0.29, 0.717) is 0 Å². The molecule has 98 valence electrons. The normalized spacial score (nSPS) is 15.2. The van der Waals surface area contributed by atoms with E-state index < -0.39 is 5.97 Å². The van der Waals surface area contributed by atoms with E-state index in [9.17, 15) is 9.90 Å². The number of nitrogens with zero attached hydrogens (tertiary/aromatic N) is 3. The summed E-state index contributed by atoms with van der Waals surface area (Å²) in [5.41, 5.74) is 2.85. The molecule has 0 aliphatic heterocycles. The summed E-state index contributed by atoms with van der Waals surface area (Å²) in [6.07, 6.45) is 3.17. The molecule has 0 unspecified atom stereocenters. The molecule has 0 bridgehead atoms. The van der Waals surface area contributed by atoms with Crippen LogP contribution in [-0.4, -0.2) is 26.1 Å². The smallest absolute Gasteiger partial charge is 0.358 e. The lowest BCUT2D eigenvalue weighted by Crippen LogP contribution is -2.17. The van der Waals surface area contributed by atoms with Crippen LogP contribution in [0.4, 0.5) is 0 Å². The van der Waals surface area contributed by atoms with Crippen LogP contribution in [-0.2, 0) is 0 Å². The van der Waals surface area contributed by atoms with Gasteiger partial charge < -0.3 is 5.11 Å². The van der Waals surface area contributed by atoms with Gasteiger partial charge in [0.15, 0.2) is 5.69 Å². The van der Waals surface area contributed by atoms with Crippen LogP contribution in [0.15, 0.2) is 24.3 Å². The Balaban J connectivity index is 2.10. The molecule has 0 spiro atoms. The Morgan fingerprint density at radius 2 is 2.00 bits per heavy atom. The number of hydrogen-bond acceptors (Lipinski definition) is 3. The van der Waals surface area contributed by atoms with Gasteiger partial charge >= 0.3 is 5.97 Å². The van der Waals surface area contributed by atoms with Gasteiger partial charge in [-0.05, 0) is 31.9 Å². The zero-order valence-corrected chi connectivity index (χ0v) is 10.7. The maximum Gasteiger partial charge on any atom is 0.358 e. The molecule has 5 heteroatoms. The van der Waals surface area contributed by atoms with Gasteiger partial charge in [-0.15, -0.1) is 5.10 Å². The van der Waals surface area contributed by atoms with Crippen LogP contribution in [0.5, 0.6) is 0 Å². The largest absolute Gasteiger partial charge is 0.476 e. The standard InChI is InChI=1S/C14H15N3O2/c1-9-5-7-11(8-6-9)17-13(10-3-2-4-10)12(14(18)19)15-16-17/h5-8,10H,2-4H2,1H3,(H,18,19). The molecule has 1 aliphatic carbocycles. The van der Waals surface area contributed by atoms with E-state index in [1.165, 1.54) is 0 Å². The highest BCUT2D eigenvalue weighted by Crippen LogP contribution is 2.38. The second kappa shape index (κ2) is 4.50. The van der Waals surface area contributed by atoms with Gasteiger partial charge in [-0.3, -0.25) is 0 Å². The molecule has 0 radical (unpaired) electrons. The van der Waals surface area contributed by atoms with E-state index in [-0.39, 0.29) is 11.6 Å². The Morgan fingerprint density at radius 1 is 1.32 bits per heavy atom. The van der Waals surface area contributed by atoms with E-state index in [1.807, 2.05) is 31.2 Å². The first-order valence-corrected chi connectivity index (χ1v) is 6.43. The van der Waals surface area contributed by atoms with Gasteiger partial charge in [0.2, 0.25) is 0 Å². The number of aryl methyl sites for hydroxylation is 1. The molecule has 1 saturated carbocycles. The molecule has 3 rings (SSSR count). The molecule has 2 aromatic rings. The van der Waals surface area contributed by atoms with E-state index in [2.05, 4.69) is 10.3 Å². The SMILES string of the molecule is Cc1ccc(-n2nnc(C(=O)O)c2C2CCC2)cc1. The van der Waals surface area contributed by atoms with Crippen LogP contribution in [0.3, 0.4) is 0 Å². The van der Waals surface area contributed by atoms with Crippen molar-refractivity contribution in [2.75, 3.05) is 0 Å². The van der Waals surface area contributed by atoms with Crippen molar-refractivity contribution in [1.29, 1.82) is 0 Å². The van der Waals surface area contributed by atoms with Gasteiger partial charge in [-0.25, -0.2) is 9.48 Å². The first-order chi connectivity index (χ1) is 9.16. The summed E-state index contributed by atoms with van der Waals surface area (Å²) < 4.78 is 1.67. The first kappa shape index (κ1) is 11.9. The minimum atomic E-state index is -1.000. The number of carbonyl (C=O) groups is 1. The van der Waals surface area contributed by atoms with Crippen molar-refractivity contribution in [2.24, 2.45) is 0 Å². The summed E-state index contributed by atoms with van der Waals surface area (Å²) in [6, 6.07) is 7.86. The topological polar surface area (TPSA) is 68.0 Å². The zero-order valence-electron chi connectivity index (χ0n) is 10.7. The van der Waals surface area contributed by atoms with Gasteiger partial charge in [-0.1, -0.05) is 29.3 Å². The number of carboxylic acids is 1. The Hall–Kier alpha value is -2.17. The molecular weight excluding hydrogens is 242 g/mol. The average molecular weight is 257 g/mol. The van der Waals surface area contributed by atoms with Crippen molar-refractivity contribution in [2.45, 2.75) is 32.1 Å². The summed E-state index contributed by atoms with van der Waals surface area (Å²) >= 11 is 0. The Bertz CT molecular complexity index is 612. The summed E-state index contributed by atoms with van der Waals surface area (Å²) in [5.74, 6) is -0.734. The van der Waals surface area contributed by atoms with E-state index >= 15 is 0 Å². The lowest BCUT2D eigenvalue weighted by Gasteiger charge is -2.26. The molecule has 1 N–H and O–H groups in total. The minimum Gasteiger partial charge on any atom is -0.476 e. The Kier molecular flexibility index (Phi) is 2.81. The van der Waals surface area contributed by atoms with Crippen LogP contribution in [0, 0.1) is 6.92 Å². The monoisotopic (exact) mass is 257 g/mol. The molecule has 0 atom stereocenters. The van der Waals surface area contributed by atoms with Crippen molar-refractivity contribution >= 4 is 5.97 Å². The third kappa shape index (κ3) is 2.01. The molecule has 0 amide bonds. The summed E-state index contributed by atoms with van der Waals surface area (Å²) in [4.78, 5) is 11.2. The predicted octanol–water partition coefficient (Wildman–Crippen LogP) is 2.54. The van der Waals surface area contributed by atoms with Crippen LogP contribution in [0.1, 0.15) is 46.9 Å². The number of hydrogen-bond donors (Lipinski definition) is 1. The highest BCUT2D eigenvalue weighted by atomic mass is 16.4. The second-order valence-electron chi connectivity index (χ2n) is 5.00. The number of carboxylic acid groups (broad SMARTS) is 1. The Labute approximate surface area is 110 Å². The summed E-state index contributed by atoms with van der Waals surface area (Å²) in [7, 11) is 0. The van der Waals surface area contributed by atoms with E-state index in [4.69, 9.17) is 0 Å². The van der Waals surface area contributed by atoms with E-state index in [0.717, 1.165) is 36.2 Å². The van der Waals surface area contributed by atoms with Crippen molar-refractivity contribution in [3.05, 3.63) is 41.2 Å². The predicted molar refractivity (Wildman–Crippen MR) is 69.6 cm³/mol. The molecule has 1 heterocycles. The van der Waals surface area contributed by atoms with Crippen molar-refractivity contribution in [3.63, 3.8) is 0 Å². The second-order valence-corrected chi connectivity index (χ2v) is 5.00. The first-order valence-electron chi connectivity index (χ1n) is 6.43. The highest BCUT2D eigenvalue weighted by molar-refractivity contribution is 5.86. The van der Waals surface area contributed by atoms with Gasteiger partial charge in [-0.2, -0.15) is 0 Å². The van der Waals surface area contributed by atoms with E-state index in [1.54, 1.807) is 4.68 Å². The summed E-state index contributed by atoms with van der Waals surface area (Å²) in [5, 5.41) is 17.1. The fraction of sp³-hybridized carbons (Fsp3) is 0.357. The van der Waals surface area contributed by atoms with Gasteiger partial charge in [0.25, 0.3) is 0 Å². The molecular formula is C14H15N3O2. The number of benzene rings is 1. The van der Waals surface area contributed by atoms with Crippen molar-refractivity contribution < 1.29 is 9.90 Å². The maximum absolute atomic E-state index is 11.2. The fourth-order valence-electron chi connectivity index (χ4n) is 2.37. The lowest BCUT2D eigenvalue weighted by atomic mass is 9.82. The van der Waals surface area contributed by atoms with Crippen LogP contribution in [0.25, 0.3) is 5.69 Å². The molecule has 1 aromatic heterocycles. The molecule has 1 aromatic carbocycles. The van der Waals surface area contributed by atoms with Crippen LogP contribution >= 0.6 is 0 Å². The summed E-state index contributed by atoms with van der Waals surface area (Å²) in [6.45, 7) is 2.01. The van der Waals surface area contributed by atoms with Gasteiger partial charge in [0, 0.05) is 5.92 Å². The maximum atomic E-state index is 11.2.